The lowest BCUT2D eigenvalue weighted by Gasteiger charge is -2.16. The van der Waals surface area contributed by atoms with Gasteiger partial charge in [0.15, 0.2) is 0 Å². The molecule has 1 heterocycles. The number of para-hydroxylation sites is 2. The first kappa shape index (κ1) is 14.6. The number of ether oxygens (including phenoxy) is 1. The Bertz CT molecular complexity index is 764. The molecule has 1 aromatic heterocycles. The maximum Gasteiger partial charge on any atom is 0.224 e. The largest absolute Gasteiger partial charge is 0.491 e. The molecule has 1 atom stereocenters. The summed E-state index contributed by atoms with van der Waals surface area (Å²) < 4.78 is 5.74. The third-order valence-electron chi connectivity index (χ3n) is 3.20. The monoisotopic (exact) mass is 313 g/mol. The molecule has 22 heavy (non-hydrogen) atoms. The van der Waals surface area contributed by atoms with E-state index in [1.54, 1.807) is 0 Å². The van der Waals surface area contributed by atoms with Gasteiger partial charge in [-0.1, -0.05) is 30.3 Å². The van der Waals surface area contributed by atoms with Crippen LogP contribution in [0.3, 0.4) is 0 Å². The fourth-order valence-electron chi connectivity index (χ4n) is 2.17. The molecule has 1 unspecified atom stereocenters. The maximum atomic E-state index is 5.99. The molecular formula is C17H16ClN3O. The number of fused-ring (bicyclic) bond motifs is 1. The van der Waals surface area contributed by atoms with Crippen molar-refractivity contribution in [3.63, 3.8) is 0 Å². The molecule has 2 aromatic carbocycles. The van der Waals surface area contributed by atoms with Crippen LogP contribution in [0.5, 0.6) is 5.75 Å². The summed E-state index contributed by atoms with van der Waals surface area (Å²) in [5, 5.41) is 4.51. The van der Waals surface area contributed by atoms with E-state index in [1.165, 1.54) is 0 Å². The summed E-state index contributed by atoms with van der Waals surface area (Å²) in [6.45, 7) is 2.56. The Balaban J connectivity index is 1.72. The SMILES string of the molecule is CC(COc1ccccc1)Nc1nc(Cl)nc2ccccc12. The van der Waals surface area contributed by atoms with Gasteiger partial charge in [0, 0.05) is 5.39 Å². The van der Waals surface area contributed by atoms with E-state index in [0.717, 1.165) is 22.5 Å². The standard InChI is InChI=1S/C17H16ClN3O/c1-12(11-22-13-7-3-2-4-8-13)19-16-14-9-5-6-10-15(14)20-17(18)21-16/h2-10,12H,11H2,1H3,(H,19,20,21). The minimum atomic E-state index is 0.0783. The van der Waals surface area contributed by atoms with Gasteiger partial charge in [-0.15, -0.1) is 0 Å². The first-order valence-corrected chi connectivity index (χ1v) is 7.47. The van der Waals surface area contributed by atoms with Gasteiger partial charge in [-0.05, 0) is 42.8 Å². The fraction of sp³-hybridized carbons (Fsp3) is 0.176. The number of hydrogen-bond donors (Lipinski definition) is 1. The number of aromatic nitrogens is 2. The molecule has 0 aliphatic heterocycles. The number of benzene rings is 2. The highest BCUT2D eigenvalue weighted by Crippen LogP contribution is 2.22. The predicted octanol–water partition coefficient (Wildman–Crippen LogP) is 4.16. The molecule has 4 nitrogen and oxygen atoms in total. The van der Waals surface area contributed by atoms with Crippen LogP contribution in [-0.2, 0) is 0 Å². The van der Waals surface area contributed by atoms with E-state index < -0.39 is 0 Å². The molecule has 0 aliphatic rings. The average molecular weight is 314 g/mol. The first-order valence-electron chi connectivity index (χ1n) is 7.09. The molecule has 0 saturated carbocycles. The Kier molecular flexibility index (Phi) is 4.39. The number of halogens is 1. The van der Waals surface area contributed by atoms with Gasteiger partial charge < -0.3 is 10.1 Å². The number of hydrogen-bond acceptors (Lipinski definition) is 4. The van der Waals surface area contributed by atoms with E-state index in [-0.39, 0.29) is 11.3 Å². The van der Waals surface area contributed by atoms with Gasteiger partial charge in [0.05, 0.1) is 11.6 Å². The maximum absolute atomic E-state index is 5.99. The van der Waals surface area contributed by atoms with Crippen molar-refractivity contribution in [2.24, 2.45) is 0 Å². The lowest BCUT2D eigenvalue weighted by Crippen LogP contribution is -2.24. The lowest BCUT2D eigenvalue weighted by molar-refractivity contribution is 0.304. The van der Waals surface area contributed by atoms with E-state index in [0.29, 0.717) is 6.61 Å². The number of anilines is 1. The Morgan fingerprint density at radius 2 is 1.77 bits per heavy atom. The van der Waals surface area contributed by atoms with Crippen molar-refractivity contribution in [3.05, 3.63) is 59.9 Å². The molecule has 0 aliphatic carbocycles. The van der Waals surface area contributed by atoms with Crippen LogP contribution in [0.15, 0.2) is 54.6 Å². The zero-order chi connectivity index (χ0) is 15.4. The summed E-state index contributed by atoms with van der Waals surface area (Å²) >= 11 is 5.99. The Morgan fingerprint density at radius 3 is 2.59 bits per heavy atom. The van der Waals surface area contributed by atoms with Crippen LogP contribution < -0.4 is 10.1 Å². The summed E-state index contributed by atoms with van der Waals surface area (Å²) in [7, 11) is 0. The Labute approximate surface area is 134 Å². The second kappa shape index (κ2) is 6.62. The second-order valence-electron chi connectivity index (χ2n) is 5.03. The van der Waals surface area contributed by atoms with Gasteiger partial charge in [0.1, 0.15) is 18.2 Å². The molecule has 112 valence electrons. The molecule has 0 amide bonds. The lowest BCUT2D eigenvalue weighted by atomic mass is 10.2. The summed E-state index contributed by atoms with van der Waals surface area (Å²) in [6.07, 6.45) is 0. The normalized spacial score (nSPS) is 12.1. The first-order chi connectivity index (χ1) is 10.7. The number of rotatable bonds is 5. The molecule has 3 aromatic rings. The zero-order valence-electron chi connectivity index (χ0n) is 12.2. The van der Waals surface area contributed by atoms with E-state index in [2.05, 4.69) is 15.3 Å². The van der Waals surface area contributed by atoms with Crippen molar-refractivity contribution in [1.82, 2.24) is 9.97 Å². The highest BCUT2D eigenvalue weighted by atomic mass is 35.5. The van der Waals surface area contributed by atoms with Gasteiger partial charge in [-0.3, -0.25) is 0 Å². The highest BCUT2D eigenvalue weighted by molar-refractivity contribution is 6.28. The van der Waals surface area contributed by atoms with Crippen molar-refractivity contribution in [1.29, 1.82) is 0 Å². The molecule has 3 rings (SSSR count). The minimum absolute atomic E-state index is 0.0783. The van der Waals surface area contributed by atoms with E-state index in [1.807, 2.05) is 61.5 Å². The van der Waals surface area contributed by atoms with Crippen LogP contribution in [-0.4, -0.2) is 22.6 Å². The molecule has 0 spiro atoms. The van der Waals surface area contributed by atoms with Crippen LogP contribution in [0.1, 0.15) is 6.92 Å². The molecule has 5 heteroatoms. The third-order valence-corrected chi connectivity index (χ3v) is 3.37. The fourth-order valence-corrected chi connectivity index (χ4v) is 2.35. The molecule has 0 saturated heterocycles. The van der Waals surface area contributed by atoms with Gasteiger partial charge in [0.25, 0.3) is 0 Å². The van der Waals surface area contributed by atoms with Crippen LogP contribution in [0.25, 0.3) is 10.9 Å². The average Bonchev–Trinajstić information content (AvgIpc) is 2.54. The van der Waals surface area contributed by atoms with Gasteiger partial charge in [0.2, 0.25) is 5.28 Å². The summed E-state index contributed by atoms with van der Waals surface area (Å²) in [5.74, 6) is 1.57. The van der Waals surface area contributed by atoms with Crippen LogP contribution in [0.4, 0.5) is 5.82 Å². The summed E-state index contributed by atoms with van der Waals surface area (Å²) in [4.78, 5) is 8.50. The van der Waals surface area contributed by atoms with Gasteiger partial charge in [-0.25, -0.2) is 9.97 Å². The van der Waals surface area contributed by atoms with Crippen LogP contribution in [0.2, 0.25) is 5.28 Å². The smallest absolute Gasteiger partial charge is 0.224 e. The van der Waals surface area contributed by atoms with Gasteiger partial charge >= 0.3 is 0 Å². The van der Waals surface area contributed by atoms with E-state index >= 15 is 0 Å². The Morgan fingerprint density at radius 1 is 1.05 bits per heavy atom. The molecular weight excluding hydrogens is 298 g/mol. The van der Waals surface area contributed by atoms with Crippen LogP contribution >= 0.6 is 11.6 Å². The third kappa shape index (κ3) is 3.46. The van der Waals surface area contributed by atoms with Crippen molar-refractivity contribution in [3.8, 4) is 5.75 Å². The molecule has 1 N–H and O–H groups in total. The topological polar surface area (TPSA) is 47.0 Å². The summed E-state index contributed by atoms with van der Waals surface area (Å²) in [5.41, 5.74) is 0.821. The Hall–Kier alpha value is -2.33. The van der Waals surface area contributed by atoms with Crippen molar-refractivity contribution in [2.75, 3.05) is 11.9 Å². The van der Waals surface area contributed by atoms with E-state index in [4.69, 9.17) is 16.3 Å². The summed E-state index contributed by atoms with van der Waals surface area (Å²) in [6, 6.07) is 17.6. The zero-order valence-corrected chi connectivity index (χ0v) is 12.9. The molecule has 0 fully saturated rings. The van der Waals surface area contributed by atoms with Crippen molar-refractivity contribution < 1.29 is 4.74 Å². The number of nitrogens with zero attached hydrogens (tertiary/aromatic N) is 2. The van der Waals surface area contributed by atoms with Crippen LogP contribution in [0, 0.1) is 0 Å². The number of nitrogens with one attached hydrogen (secondary N) is 1. The van der Waals surface area contributed by atoms with Gasteiger partial charge in [-0.2, -0.15) is 0 Å². The van der Waals surface area contributed by atoms with Crippen molar-refractivity contribution in [2.45, 2.75) is 13.0 Å². The highest BCUT2D eigenvalue weighted by Gasteiger charge is 2.10. The predicted molar refractivity (Wildman–Crippen MR) is 89.6 cm³/mol. The van der Waals surface area contributed by atoms with E-state index in [9.17, 15) is 0 Å². The van der Waals surface area contributed by atoms with Crippen molar-refractivity contribution >= 4 is 28.3 Å². The molecule has 0 radical (unpaired) electrons. The quantitative estimate of drug-likeness (QED) is 0.718. The minimum Gasteiger partial charge on any atom is -0.491 e. The molecule has 0 bridgehead atoms. The second-order valence-corrected chi connectivity index (χ2v) is 5.37.